The first kappa shape index (κ1) is 20.9. The zero-order valence-electron chi connectivity index (χ0n) is 16.1. The molecule has 0 aliphatic carbocycles. The summed E-state index contributed by atoms with van der Waals surface area (Å²) in [6.45, 7) is 5.04. The Hall–Kier alpha value is -2.37. The van der Waals surface area contributed by atoms with Crippen LogP contribution in [0.25, 0.3) is 0 Å². The molecule has 1 atom stereocenters. The second kappa shape index (κ2) is 10.1. The second-order valence-electron chi connectivity index (χ2n) is 6.83. The first-order valence-corrected chi connectivity index (χ1v) is 9.41. The predicted octanol–water partition coefficient (Wildman–Crippen LogP) is 1.77. The van der Waals surface area contributed by atoms with Crippen molar-refractivity contribution in [3.63, 3.8) is 0 Å². The van der Waals surface area contributed by atoms with E-state index < -0.39 is 0 Å². The van der Waals surface area contributed by atoms with Gasteiger partial charge in [0.15, 0.2) is 13.1 Å². The quantitative estimate of drug-likeness (QED) is 0.645. The molecule has 2 rings (SSSR count). The molecular weight excluding hydrogens is 362 g/mol. The molecule has 1 unspecified atom stereocenters. The Morgan fingerprint density at radius 2 is 1.67 bits per heavy atom. The predicted molar refractivity (Wildman–Crippen MR) is 109 cm³/mol. The zero-order valence-corrected chi connectivity index (χ0v) is 16.8. The standard InChI is InChI=1S/C21H26ClN3O2/c1-15-5-4-6-19(16(15)2)24-21(27)14-25(3)13-20(26)23-12-11-17-7-9-18(22)10-8-17/h4-10H,11-14H2,1-3H3,(H,23,26)(H,24,27)/p+1. The van der Waals surface area contributed by atoms with Gasteiger partial charge < -0.3 is 15.5 Å². The van der Waals surface area contributed by atoms with Gasteiger partial charge in [0.25, 0.3) is 11.8 Å². The minimum Gasteiger partial charge on any atom is -0.351 e. The monoisotopic (exact) mass is 388 g/mol. The highest BCUT2D eigenvalue weighted by Crippen LogP contribution is 2.17. The largest absolute Gasteiger partial charge is 0.351 e. The molecule has 0 aromatic heterocycles. The van der Waals surface area contributed by atoms with E-state index in [4.69, 9.17) is 11.6 Å². The van der Waals surface area contributed by atoms with Crippen LogP contribution in [0.2, 0.25) is 5.02 Å². The number of likely N-dealkylation sites (N-methyl/N-ethyl adjacent to an activating group) is 1. The van der Waals surface area contributed by atoms with Crippen LogP contribution in [0.5, 0.6) is 0 Å². The number of nitrogens with one attached hydrogen (secondary N) is 3. The van der Waals surface area contributed by atoms with Gasteiger partial charge in [-0.25, -0.2) is 0 Å². The van der Waals surface area contributed by atoms with Gasteiger partial charge in [0.2, 0.25) is 0 Å². The van der Waals surface area contributed by atoms with Gasteiger partial charge in [0, 0.05) is 17.3 Å². The van der Waals surface area contributed by atoms with E-state index in [0.717, 1.165) is 33.7 Å². The molecule has 144 valence electrons. The van der Waals surface area contributed by atoms with Crippen LogP contribution in [0, 0.1) is 13.8 Å². The van der Waals surface area contributed by atoms with Crippen molar-refractivity contribution < 1.29 is 14.5 Å². The van der Waals surface area contributed by atoms with Crippen LogP contribution in [0.15, 0.2) is 42.5 Å². The summed E-state index contributed by atoms with van der Waals surface area (Å²) in [6.07, 6.45) is 0.745. The molecule has 5 nitrogen and oxygen atoms in total. The van der Waals surface area contributed by atoms with Crippen molar-refractivity contribution in [3.05, 3.63) is 64.2 Å². The van der Waals surface area contributed by atoms with Gasteiger partial charge in [-0.15, -0.1) is 0 Å². The van der Waals surface area contributed by atoms with Gasteiger partial charge >= 0.3 is 0 Å². The van der Waals surface area contributed by atoms with Crippen LogP contribution in [-0.2, 0) is 16.0 Å². The molecule has 0 aliphatic heterocycles. The van der Waals surface area contributed by atoms with Gasteiger partial charge in [0.1, 0.15) is 0 Å². The van der Waals surface area contributed by atoms with Crippen molar-refractivity contribution in [3.8, 4) is 0 Å². The summed E-state index contributed by atoms with van der Waals surface area (Å²) < 4.78 is 0. The van der Waals surface area contributed by atoms with Crippen LogP contribution in [-0.4, -0.2) is 38.5 Å². The second-order valence-corrected chi connectivity index (χ2v) is 7.27. The molecule has 0 aliphatic rings. The van der Waals surface area contributed by atoms with Crippen molar-refractivity contribution in [2.24, 2.45) is 0 Å². The van der Waals surface area contributed by atoms with Crippen LogP contribution < -0.4 is 15.5 Å². The summed E-state index contributed by atoms with van der Waals surface area (Å²) >= 11 is 5.86. The molecule has 2 aromatic rings. The zero-order chi connectivity index (χ0) is 19.8. The van der Waals surface area contributed by atoms with Crippen molar-refractivity contribution >= 4 is 29.1 Å². The molecule has 0 fully saturated rings. The summed E-state index contributed by atoms with van der Waals surface area (Å²) in [5, 5.41) is 6.51. The van der Waals surface area contributed by atoms with Crippen molar-refractivity contribution in [2.75, 3.05) is 32.0 Å². The topological polar surface area (TPSA) is 62.6 Å². The van der Waals surface area contributed by atoms with Crippen LogP contribution in [0.4, 0.5) is 5.69 Å². The van der Waals surface area contributed by atoms with Crippen LogP contribution in [0.1, 0.15) is 16.7 Å². The van der Waals surface area contributed by atoms with Crippen molar-refractivity contribution in [1.82, 2.24) is 5.32 Å². The number of aryl methyl sites for hydroxylation is 1. The number of halogens is 1. The molecule has 2 aromatic carbocycles. The highest BCUT2D eigenvalue weighted by molar-refractivity contribution is 6.30. The molecule has 27 heavy (non-hydrogen) atoms. The van der Waals surface area contributed by atoms with Gasteiger partial charge in [-0.2, -0.15) is 0 Å². The third-order valence-electron chi connectivity index (χ3n) is 4.45. The third-order valence-corrected chi connectivity index (χ3v) is 4.70. The number of amides is 2. The first-order chi connectivity index (χ1) is 12.8. The van der Waals surface area contributed by atoms with E-state index in [9.17, 15) is 9.59 Å². The minimum absolute atomic E-state index is 0.0685. The van der Waals surface area contributed by atoms with Crippen molar-refractivity contribution in [1.29, 1.82) is 0 Å². The summed E-state index contributed by atoms with van der Waals surface area (Å²) in [7, 11) is 1.83. The van der Waals surface area contributed by atoms with Gasteiger partial charge in [-0.3, -0.25) is 9.59 Å². The lowest BCUT2D eigenvalue weighted by molar-refractivity contribution is -0.862. The Morgan fingerprint density at radius 1 is 1.00 bits per heavy atom. The Kier molecular flexibility index (Phi) is 7.82. The molecule has 0 radical (unpaired) electrons. The fourth-order valence-corrected chi connectivity index (χ4v) is 2.88. The molecule has 0 heterocycles. The van der Waals surface area contributed by atoms with Crippen LogP contribution in [0.3, 0.4) is 0 Å². The highest BCUT2D eigenvalue weighted by Gasteiger charge is 2.15. The van der Waals surface area contributed by atoms with Gasteiger partial charge in [-0.1, -0.05) is 35.9 Å². The van der Waals surface area contributed by atoms with Gasteiger partial charge in [-0.05, 0) is 55.2 Å². The Labute approximate surface area is 165 Å². The van der Waals surface area contributed by atoms with Gasteiger partial charge in [0.05, 0.1) is 7.05 Å². The van der Waals surface area contributed by atoms with E-state index in [0.29, 0.717) is 11.6 Å². The number of benzene rings is 2. The lowest BCUT2D eigenvalue weighted by Crippen LogP contribution is -3.11. The number of quaternary nitrogens is 1. The van der Waals surface area contributed by atoms with E-state index in [1.807, 2.05) is 63.4 Å². The van der Waals surface area contributed by atoms with E-state index in [-0.39, 0.29) is 24.9 Å². The molecule has 0 saturated carbocycles. The Morgan fingerprint density at radius 3 is 2.37 bits per heavy atom. The molecule has 3 N–H and O–H groups in total. The van der Waals surface area contributed by atoms with E-state index >= 15 is 0 Å². The number of hydrogen-bond acceptors (Lipinski definition) is 2. The van der Waals surface area contributed by atoms with E-state index in [1.54, 1.807) is 0 Å². The fraction of sp³-hybridized carbons (Fsp3) is 0.333. The first-order valence-electron chi connectivity index (χ1n) is 9.03. The van der Waals surface area contributed by atoms with E-state index in [2.05, 4.69) is 10.6 Å². The molecule has 0 saturated heterocycles. The number of rotatable bonds is 8. The Balaban J connectivity index is 1.71. The summed E-state index contributed by atoms with van der Waals surface area (Å²) in [5.74, 6) is -0.170. The maximum atomic E-state index is 12.2. The lowest BCUT2D eigenvalue weighted by Gasteiger charge is -2.15. The maximum absolute atomic E-state index is 12.2. The summed E-state index contributed by atoms with van der Waals surface area (Å²) in [5.41, 5.74) is 4.13. The number of carbonyl (C=O) groups excluding carboxylic acids is 2. The smallest absolute Gasteiger partial charge is 0.279 e. The van der Waals surface area contributed by atoms with Crippen molar-refractivity contribution in [2.45, 2.75) is 20.3 Å². The maximum Gasteiger partial charge on any atom is 0.279 e. The average Bonchev–Trinajstić information content (AvgIpc) is 2.60. The molecule has 2 amide bonds. The fourth-order valence-electron chi connectivity index (χ4n) is 2.75. The SMILES string of the molecule is Cc1cccc(NC(=O)C[NH+](C)CC(=O)NCCc2ccc(Cl)cc2)c1C. The summed E-state index contributed by atoms with van der Waals surface area (Å²) in [6, 6.07) is 13.4. The molecule has 0 spiro atoms. The molecular formula is C21H27ClN3O2+. The summed E-state index contributed by atoms with van der Waals surface area (Å²) in [4.78, 5) is 25.1. The number of carbonyl (C=O) groups is 2. The number of hydrogen-bond donors (Lipinski definition) is 3. The minimum atomic E-state index is -0.102. The Bertz CT molecular complexity index is 791. The highest BCUT2D eigenvalue weighted by atomic mass is 35.5. The van der Waals surface area contributed by atoms with E-state index in [1.165, 1.54) is 0 Å². The van der Waals surface area contributed by atoms with Crippen LogP contribution >= 0.6 is 11.6 Å². The average molecular weight is 389 g/mol. The number of anilines is 1. The third kappa shape index (κ3) is 7.04. The normalized spacial score (nSPS) is 11.7. The molecule has 6 heteroatoms. The lowest BCUT2D eigenvalue weighted by atomic mass is 10.1. The molecule has 0 bridgehead atoms.